The second-order valence-corrected chi connectivity index (χ2v) is 4.96. The van der Waals surface area contributed by atoms with Crippen molar-refractivity contribution in [3.8, 4) is 0 Å². The second-order valence-electron chi connectivity index (χ2n) is 4.96. The topological polar surface area (TPSA) is 80.0 Å². The fraction of sp³-hybridized carbons (Fsp3) is 0.0625. The van der Waals surface area contributed by atoms with Gasteiger partial charge in [0, 0.05) is 29.7 Å². The van der Waals surface area contributed by atoms with Crippen LogP contribution in [0.1, 0.15) is 16.2 Å². The SMILES string of the molecule is Cc1cc(Nc2ccnc(C(=O)Nc3ccc(F)c(F)c3)c2)no1. The highest BCUT2D eigenvalue weighted by atomic mass is 19.2. The van der Waals surface area contributed by atoms with Crippen molar-refractivity contribution in [1.82, 2.24) is 10.1 Å². The van der Waals surface area contributed by atoms with Gasteiger partial charge in [-0.2, -0.15) is 0 Å². The van der Waals surface area contributed by atoms with E-state index in [1.165, 1.54) is 18.3 Å². The molecule has 0 saturated carbocycles. The van der Waals surface area contributed by atoms with E-state index in [1.807, 2.05) is 0 Å². The Labute approximate surface area is 135 Å². The average molecular weight is 330 g/mol. The van der Waals surface area contributed by atoms with E-state index < -0.39 is 17.5 Å². The number of halogens is 2. The zero-order valence-electron chi connectivity index (χ0n) is 12.5. The van der Waals surface area contributed by atoms with Gasteiger partial charge in [-0.05, 0) is 31.2 Å². The van der Waals surface area contributed by atoms with Crippen molar-refractivity contribution in [3.63, 3.8) is 0 Å². The molecule has 0 saturated heterocycles. The van der Waals surface area contributed by atoms with Crippen LogP contribution in [0, 0.1) is 18.6 Å². The van der Waals surface area contributed by atoms with Crippen LogP contribution in [-0.2, 0) is 0 Å². The number of pyridine rings is 1. The summed E-state index contributed by atoms with van der Waals surface area (Å²) in [7, 11) is 0. The Hall–Kier alpha value is -3.29. The van der Waals surface area contributed by atoms with Gasteiger partial charge in [0.15, 0.2) is 17.5 Å². The van der Waals surface area contributed by atoms with E-state index >= 15 is 0 Å². The zero-order chi connectivity index (χ0) is 17.1. The Balaban J connectivity index is 1.75. The van der Waals surface area contributed by atoms with E-state index in [-0.39, 0.29) is 11.4 Å². The molecule has 0 atom stereocenters. The van der Waals surface area contributed by atoms with Gasteiger partial charge in [0.1, 0.15) is 11.5 Å². The van der Waals surface area contributed by atoms with Gasteiger partial charge in [-0.3, -0.25) is 9.78 Å². The van der Waals surface area contributed by atoms with E-state index in [1.54, 1.807) is 19.1 Å². The van der Waals surface area contributed by atoms with Gasteiger partial charge in [-0.15, -0.1) is 0 Å². The molecule has 0 aliphatic heterocycles. The number of nitrogens with zero attached hydrogens (tertiary/aromatic N) is 2. The summed E-state index contributed by atoms with van der Waals surface area (Å²) in [5, 5.41) is 9.20. The van der Waals surface area contributed by atoms with E-state index in [0.29, 0.717) is 17.3 Å². The molecule has 2 aromatic heterocycles. The molecule has 0 spiro atoms. The molecule has 1 aromatic carbocycles. The number of amides is 1. The first-order valence-electron chi connectivity index (χ1n) is 6.94. The lowest BCUT2D eigenvalue weighted by molar-refractivity contribution is 0.102. The second kappa shape index (κ2) is 6.45. The molecule has 122 valence electrons. The number of anilines is 3. The molecule has 6 nitrogen and oxygen atoms in total. The summed E-state index contributed by atoms with van der Waals surface area (Å²) in [4.78, 5) is 16.1. The summed E-state index contributed by atoms with van der Waals surface area (Å²) in [6.45, 7) is 1.76. The van der Waals surface area contributed by atoms with Crippen LogP contribution >= 0.6 is 0 Å². The molecule has 2 heterocycles. The first-order valence-corrected chi connectivity index (χ1v) is 6.94. The molecule has 0 bridgehead atoms. The Morgan fingerprint density at radius 2 is 1.92 bits per heavy atom. The molecule has 1 amide bonds. The average Bonchev–Trinajstić information content (AvgIpc) is 2.96. The number of rotatable bonds is 4. The van der Waals surface area contributed by atoms with Crippen molar-refractivity contribution in [2.75, 3.05) is 10.6 Å². The van der Waals surface area contributed by atoms with E-state index in [4.69, 9.17) is 4.52 Å². The highest BCUT2D eigenvalue weighted by Gasteiger charge is 2.11. The number of benzene rings is 1. The number of hydrogen-bond acceptors (Lipinski definition) is 5. The maximum atomic E-state index is 13.2. The molecule has 0 fully saturated rings. The van der Waals surface area contributed by atoms with Gasteiger partial charge in [-0.25, -0.2) is 8.78 Å². The fourth-order valence-corrected chi connectivity index (χ4v) is 1.97. The molecule has 3 rings (SSSR count). The maximum absolute atomic E-state index is 13.2. The largest absolute Gasteiger partial charge is 0.360 e. The lowest BCUT2D eigenvalue weighted by Gasteiger charge is -2.07. The highest BCUT2D eigenvalue weighted by molar-refractivity contribution is 6.03. The van der Waals surface area contributed by atoms with Crippen LogP contribution in [0.2, 0.25) is 0 Å². The van der Waals surface area contributed by atoms with Crippen LogP contribution in [-0.4, -0.2) is 16.0 Å². The summed E-state index contributed by atoms with van der Waals surface area (Å²) in [6.07, 6.45) is 1.44. The van der Waals surface area contributed by atoms with Crippen LogP contribution in [0.25, 0.3) is 0 Å². The first kappa shape index (κ1) is 15.6. The third-order valence-electron chi connectivity index (χ3n) is 3.07. The maximum Gasteiger partial charge on any atom is 0.274 e. The predicted octanol–water partition coefficient (Wildman–Crippen LogP) is 3.65. The van der Waals surface area contributed by atoms with Gasteiger partial charge in [-0.1, -0.05) is 5.16 Å². The summed E-state index contributed by atoms with van der Waals surface area (Å²) < 4.78 is 31.0. The van der Waals surface area contributed by atoms with Crippen LogP contribution in [0.5, 0.6) is 0 Å². The molecule has 0 radical (unpaired) electrons. The monoisotopic (exact) mass is 330 g/mol. The van der Waals surface area contributed by atoms with Gasteiger partial charge >= 0.3 is 0 Å². The highest BCUT2D eigenvalue weighted by Crippen LogP contribution is 2.18. The number of nitrogens with one attached hydrogen (secondary N) is 2. The molecule has 24 heavy (non-hydrogen) atoms. The van der Waals surface area contributed by atoms with Gasteiger partial charge < -0.3 is 15.2 Å². The Bertz CT molecular complexity index is 895. The standard InChI is InChI=1S/C16H12F2N4O2/c1-9-6-15(22-24-9)20-11-4-5-19-14(8-11)16(23)21-10-2-3-12(17)13(18)7-10/h2-8H,1H3,(H,21,23)(H,19,20,22). The predicted molar refractivity (Wildman–Crippen MR) is 83.1 cm³/mol. The van der Waals surface area contributed by atoms with E-state index in [0.717, 1.165) is 12.1 Å². The van der Waals surface area contributed by atoms with Crippen LogP contribution in [0.15, 0.2) is 47.1 Å². The summed E-state index contributed by atoms with van der Waals surface area (Å²) in [5.74, 6) is -1.45. The number of carbonyl (C=O) groups excluding carboxylic acids is 1. The van der Waals surface area contributed by atoms with Crippen LogP contribution < -0.4 is 10.6 Å². The van der Waals surface area contributed by atoms with Gasteiger partial charge in [0.25, 0.3) is 5.91 Å². The minimum atomic E-state index is -1.04. The number of hydrogen-bond donors (Lipinski definition) is 2. The Morgan fingerprint density at radius 1 is 1.08 bits per heavy atom. The third kappa shape index (κ3) is 3.54. The van der Waals surface area contributed by atoms with E-state index in [2.05, 4.69) is 20.8 Å². The molecule has 0 aliphatic rings. The molecule has 3 aromatic rings. The minimum Gasteiger partial charge on any atom is -0.360 e. The zero-order valence-corrected chi connectivity index (χ0v) is 12.5. The number of aryl methyl sites for hydroxylation is 1. The first-order chi connectivity index (χ1) is 11.5. The molecule has 0 aliphatic carbocycles. The van der Waals surface area contributed by atoms with Crippen molar-refractivity contribution >= 4 is 23.1 Å². The van der Waals surface area contributed by atoms with Crippen molar-refractivity contribution in [3.05, 3.63) is 65.7 Å². The molecule has 0 unspecified atom stereocenters. The lowest BCUT2D eigenvalue weighted by Crippen LogP contribution is -2.14. The van der Waals surface area contributed by atoms with Crippen LogP contribution in [0.3, 0.4) is 0 Å². The number of aromatic nitrogens is 2. The van der Waals surface area contributed by atoms with Crippen molar-refractivity contribution < 1.29 is 18.1 Å². The van der Waals surface area contributed by atoms with Crippen molar-refractivity contribution in [1.29, 1.82) is 0 Å². The fourth-order valence-electron chi connectivity index (χ4n) is 1.97. The quantitative estimate of drug-likeness (QED) is 0.763. The molecule has 8 heteroatoms. The molecular formula is C16H12F2N4O2. The number of carbonyl (C=O) groups is 1. The van der Waals surface area contributed by atoms with E-state index in [9.17, 15) is 13.6 Å². The smallest absolute Gasteiger partial charge is 0.274 e. The summed E-state index contributed by atoms with van der Waals surface area (Å²) >= 11 is 0. The minimum absolute atomic E-state index is 0.102. The van der Waals surface area contributed by atoms with Crippen LogP contribution in [0.4, 0.5) is 26.0 Å². The van der Waals surface area contributed by atoms with Crippen molar-refractivity contribution in [2.24, 2.45) is 0 Å². The molecule has 2 N–H and O–H groups in total. The lowest BCUT2D eigenvalue weighted by atomic mass is 10.2. The normalized spacial score (nSPS) is 10.5. The molecular weight excluding hydrogens is 318 g/mol. The van der Waals surface area contributed by atoms with Gasteiger partial charge in [0.2, 0.25) is 0 Å². The Morgan fingerprint density at radius 3 is 2.62 bits per heavy atom. The summed E-state index contributed by atoms with van der Waals surface area (Å²) in [6, 6.07) is 7.94. The third-order valence-corrected chi connectivity index (χ3v) is 3.07. The summed E-state index contributed by atoms with van der Waals surface area (Å²) in [5.41, 5.74) is 0.810. The Kier molecular flexibility index (Phi) is 4.19. The van der Waals surface area contributed by atoms with Gasteiger partial charge in [0.05, 0.1) is 0 Å². The van der Waals surface area contributed by atoms with Crippen molar-refractivity contribution in [2.45, 2.75) is 6.92 Å².